The van der Waals surface area contributed by atoms with Crippen molar-refractivity contribution in [1.29, 1.82) is 0 Å². The normalized spacial score (nSPS) is 10.2. The first-order valence-corrected chi connectivity index (χ1v) is 9.64. The lowest BCUT2D eigenvalue weighted by molar-refractivity contribution is 0.102. The molecule has 0 aliphatic heterocycles. The van der Waals surface area contributed by atoms with Gasteiger partial charge in [-0.05, 0) is 73.5 Å². The third-order valence-corrected chi connectivity index (χ3v) is 4.32. The minimum absolute atomic E-state index is 0.236. The van der Waals surface area contributed by atoms with Crippen LogP contribution < -0.4 is 20.7 Å². The van der Waals surface area contributed by atoms with Crippen molar-refractivity contribution in [2.75, 3.05) is 17.2 Å². The molecule has 2 aromatic carbocycles. The molecule has 0 atom stereocenters. The van der Waals surface area contributed by atoms with Crippen molar-refractivity contribution in [1.82, 2.24) is 10.3 Å². The molecule has 7 heteroatoms. The number of nitrogens with one attached hydrogen (secondary N) is 3. The summed E-state index contributed by atoms with van der Waals surface area (Å²) in [6.07, 6.45) is 3.35. The van der Waals surface area contributed by atoms with E-state index in [0.29, 0.717) is 30.1 Å². The Labute approximate surface area is 175 Å². The third-order valence-electron chi connectivity index (χ3n) is 4.32. The second-order valence-corrected chi connectivity index (χ2v) is 6.61. The number of benzene rings is 2. The summed E-state index contributed by atoms with van der Waals surface area (Å²) in [5.41, 5.74) is 3.53. The van der Waals surface area contributed by atoms with Crippen molar-refractivity contribution in [3.05, 3.63) is 83.7 Å². The molecule has 3 rings (SSSR count). The van der Waals surface area contributed by atoms with E-state index in [2.05, 4.69) is 20.9 Å². The molecule has 0 radical (unpaired) electrons. The summed E-state index contributed by atoms with van der Waals surface area (Å²) in [5.74, 6) is 0.526. The molecule has 0 aliphatic carbocycles. The first kappa shape index (κ1) is 20.9. The van der Waals surface area contributed by atoms with E-state index in [1.165, 1.54) is 0 Å². The van der Waals surface area contributed by atoms with Gasteiger partial charge in [0.1, 0.15) is 5.75 Å². The second kappa shape index (κ2) is 10.1. The molecule has 0 saturated carbocycles. The predicted octanol–water partition coefficient (Wildman–Crippen LogP) is 4.36. The predicted molar refractivity (Wildman–Crippen MR) is 117 cm³/mol. The molecule has 3 amide bonds. The van der Waals surface area contributed by atoms with Crippen molar-refractivity contribution >= 4 is 23.3 Å². The highest BCUT2D eigenvalue weighted by atomic mass is 16.5. The van der Waals surface area contributed by atoms with E-state index in [0.717, 1.165) is 16.9 Å². The Morgan fingerprint density at radius 3 is 2.40 bits per heavy atom. The smallest absolute Gasteiger partial charge is 0.319 e. The third kappa shape index (κ3) is 5.81. The highest BCUT2D eigenvalue weighted by Gasteiger charge is 2.10. The van der Waals surface area contributed by atoms with Crippen LogP contribution in [0.15, 0.2) is 67.0 Å². The molecule has 0 unspecified atom stereocenters. The molecule has 0 fully saturated rings. The minimum atomic E-state index is -0.336. The monoisotopic (exact) mass is 404 g/mol. The average Bonchev–Trinajstić information content (AvgIpc) is 2.75. The van der Waals surface area contributed by atoms with Crippen molar-refractivity contribution < 1.29 is 14.3 Å². The van der Waals surface area contributed by atoms with Crippen LogP contribution in [0.2, 0.25) is 0 Å². The fourth-order valence-electron chi connectivity index (χ4n) is 2.84. The number of aromatic nitrogens is 1. The zero-order valence-electron chi connectivity index (χ0n) is 16.9. The Kier molecular flexibility index (Phi) is 7.00. The van der Waals surface area contributed by atoms with Gasteiger partial charge in [0.15, 0.2) is 0 Å². The standard InChI is InChI=1S/C23H24N4O3/c1-3-30-21-8-7-18(13-16(21)2)22(28)26-19-5-4-6-20(14-19)27-23(29)25-15-17-9-11-24-12-10-17/h4-14H,3,15H2,1-2H3,(H,26,28)(H2,25,27,29). The number of rotatable bonds is 7. The van der Waals surface area contributed by atoms with Crippen molar-refractivity contribution in [2.24, 2.45) is 0 Å². The van der Waals surface area contributed by atoms with Gasteiger partial charge in [-0.3, -0.25) is 9.78 Å². The van der Waals surface area contributed by atoms with Gasteiger partial charge >= 0.3 is 6.03 Å². The molecule has 0 spiro atoms. The van der Waals surface area contributed by atoms with E-state index >= 15 is 0 Å². The molecular formula is C23H24N4O3. The maximum atomic E-state index is 12.6. The highest BCUT2D eigenvalue weighted by Crippen LogP contribution is 2.21. The van der Waals surface area contributed by atoms with Gasteiger partial charge in [0.25, 0.3) is 5.91 Å². The molecule has 3 aromatic rings. The number of hydrogen-bond donors (Lipinski definition) is 3. The molecule has 154 valence electrons. The van der Waals surface area contributed by atoms with E-state index in [-0.39, 0.29) is 11.9 Å². The quantitative estimate of drug-likeness (QED) is 0.545. The summed E-state index contributed by atoms with van der Waals surface area (Å²) in [6, 6.07) is 15.6. The SMILES string of the molecule is CCOc1ccc(C(=O)Nc2cccc(NC(=O)NCc3ccncc3)c2)cc1C. The van der Waals surface area contributed by atoms with Gasteiger partial charge in [0.05, 0.1) is 6.61 Å². The van der Waals surface area contributed by atoms with Crippen LogP contribution >= 0.6 is 0 Å². The molecule has 30 heavy (non-hydrogen) atoms. The van der Waals surface area contributed by atoms with E-state index in [1.54, 1.807) is 54.9 Å². The van der Waals surface area contributed by atoms with E-state index in [1.807, 2.05) is 26.0 Å². The van der Waals surface area contributed by atoms with Crippen LogP contribution in [-0.4, -0.2) is 23.5 Å². The van der Waals surface area contributed by atoms with Gasteiger partial charge in [-0.25, -0.2) is 4.79 Å². The van der Waals surface area contributed by atoms with Crippen LogP contribution in [-0.2, 0) is 6.54 Å². The van der Waals surface area contributed by atoms with Crippen LogP contribution in [0, 0.1) is 6.92 Å². The Morgan fingerprint density at radius 2 is 1.70 bits per heavy atom. The van der Waals surface area contributed by atoms with Crippen molar-refractivity contribution in [2.45, 2.75) is 20.4 Å². The number of carbonyl (C=O) groups is 2. The fourth-order valence-corrected chi connectivity index (χ4v) is 2.84. The Bertz CT molecular complexity index is 1020. The van der Waals surface area contributed by atoms with Crippen molar-refractivity contribution in [3.63, 3.8) is 0 Å². The summed E-state index contributed by atoms with van der Waals surface area (Å²) >= 11 is 0. The lowest BCUT2D eigenvalue weighted by Crippen LogP contribution is -2.28. The molecule has 0 saturated heterocycles. The number of pyridine rings is 1. The summed E-state index contributed by atoms with van der Waals surface area (Å²) in [5, 5.41) is 8.39. The zero-order chi connectivity index (χ0) is 21.3. The molecule has 3 N–H and O–H groups in total. The molecule has 0 aliphatic rings. The Balaban J connectivity index is 1.59. The van der Waals surface area contributed by atoms with Crippen molar-refractivity contribution in [3.8, 4) is 5.75 Å². The Morgan fingerprint density at radius 1 is 0.967 bits per heavy atom. The van der Waals surface area contributed by atoms with E-state index < -0.39 is 0 Å². The molecule has 0 bridgehead atoms. The number of aryl methyl sites for hydroxylation is 1. The molecular weight excluding hydrogens is 380 g/mol. The van der Waals surface area contributed by atoms with Gasteiger partial charge in [-0.2, -0.15) is 0 Å². The van der Waals surface area contributed by atoms with Crippen LogP contribution in [0.4, 0.5) is 16.2 Å². The zero-order valence-corrected chi connectivity index (χ0v) is 16.9. The molecule has 7 nitrogen and oxygen atoms in total. The average molecular weight is 404 g/mol. The lowest BCUT2D eigenvalue weighted by atomic mass is 10.1. The summed E-state index contributed by atoms with van der Waals surface area (Å²) < 4.78 is 5.51. The number of ether oxygens (including phenoxy) is 1. The number of urea groups is 1. The van der Waals surface area contributed by atoms with Gasteiger partial charge in [-0.1, -0.05) is 6.07 Å². The van der Waals surface area contributed by atoms with Crippen LogP contribution in [0.25, 0.3) is 0 Å². The summed E-state index contributed by atoms with van der Waals surface area (Å²) in [6.45, 7) is 4.78. The Hall–Kier alpha value is -3.87. The number of nitrogens with zero attached hydrogens (tertiary/aromatic N) is 1. The maximum absolute atomic E-state index is 12.6. The van der Waals surface area contributed by atoms with E-state index in [9.17, 15) is 9.59 Å². The number of carbonyl (C=O) groups excluding carboxylic acids is 2. The van der Waals surface area contributed by atoms with Gasteiger partial charge in [0, 0.05) is 35.9 Å². The first-order valence-electron chi connectivity index (χ1n) is 9.64. The van der Waals surface area contributed by atoms with Crippen LogP contribution in [0.1, 0.15) is 28.4 Å². The highest BCUT2D eigenvalue weighted by molar-refractivity contribution is 6.05. The number of anilines is 2. The van der Waals surface area contributed by atoms with Gasteiger partial charge in [0.2, 0.25) is 0 Å². The van der Waals surface area contributed by atoms with Crippen LogP contribution in [0.3, 0.4) is 0 Å². The second-order valence-electron chi connectivity index (χ2n) is 6.61. The maximum Gasteiger partial charge on any atom is 0.319 e. The number of hydrogen-bond acceptors (Lipinski definition) is 4. The van der Waals surface area contributed by atoms with Gasteiger partial charge < -0.3 is 20.7 Å². The van der Waals surface area contributed by atoms with Crippen LogP contribution in [0.5, 0.6) is 5.75 Å². The first-order chi connectivity index (χ1) is 14.5. The minimum Gasteiger partial charge on any atom is -0.494 e. The topological polar surface area (TPSA) is 92.4 Å². The van der Waals surface area contributed by atoms with Gasteiger partial charge in [-0.15, -0.1) is 0 Å². The molecule has 1 heterocycles. The number of amides is 3. The summed E-state index contributed by atoms with van der Waals surface area (Å²) in [4.78, 5) is 28.6. The lowest BCUT2D eigenvalue weighted by Gasteiger charge is -2.11. The van der Waals surface area contributed by atoms with E-state index in [4.69, 9.17) is 4.74 Å². The summed E-state index contributed by atoms with van der Waals surface area (Å²) in [7, 11) is 0. The molecule has 1 aromatic heterocycles. The fraction of sp³-hybridized carbons (Fsp3) is 0.174. The largest absolute Gasteiger partial charge is 0.494 e.